The number of nitrogens with zero attached hydrogens (tertiary/aromatic N) is 1. The van der Waals surface area contributed by atoms with E-state index in [1.54, 1.807) is 17.8 Å². The van der Waals surface area contributed by atoms with Gasteiger partial charge in [0.15, 0.2) is 0 Å². The van der Waals surface area contributed by atoms with Crippen molar-refractivity contribution < 1.29 is 24.5 Å². The van der Waals surface area contributed by atoms with Crippen LogP contribution in [0.3, 0.4) is 0 Å². The molecule has 1 aliphatic rings. The van der Waals surface area contributed by atoms with Crippen LogP contribution in [0.1, 0.15) is 52.6 Å². The number of aryl methyl sites for hydroxylation is 3. The normalized spacial score (nSPS) is 17.4. The van der Waals surface area contributed by atoms with Crippen molar-refractivity contribution in [2.75, 3.05) is 19.8 Å². The van der Waals surface area contributed by atoms with Crippen LogP contribution in [0.2, 0.25) is 0 Å². The number of aliphatic hydroxyl groups excluding tert-OH is 2. The summed E-state index contributed by atoms with van der Waals surface area (Å²) in [4.78, 5) is 25.7. The van der Waals surface area contributed by atoms with Crippen molar-refractivity contribution in [2.45, 2.75) is 62.5 Å². The summed E-state index contributed by atoms with van der Waals surface area (Å²) in [7, 11) is 0. The van der Waals surface area contributed by atoms with Crippen LogP contribution < -0.4 is 0 Å². The van der Waals surface area contributed by atoms with Gasteiger partial charge in [0.05, 0.1) is 23.5 Å². The molecule has 0 heterocycles. The highest BCUT2D eigenvalue weighted by Crippen LogP contribution is 2.39. The van der Waals surface area contributed by atoms with Crippen LogP contribution in [-0.2, 0) is 33.6 Å². The first kappa shape index (κ1) is 26.9. The summed E-state index contributed by atoms with van der Waals surface area (Å²) in [5.74, 6) is 0.0672. The highest BCUT2D eigenvalue weighted by atomic mass is 32.2. The van der Waals surface area contributed by atoms with E-state index in [1.165, 1.54) is 0 Å². The third kappa shape index (κ3) is 7.17. The molecule has 0 radical (unpaired) electrons. The lowest BCUT2D eigenvalue weighted by Gasteiger charge is -2.20. The van der Waals surface area contributed by atoms with Crippen LogP contribution in [0.25, 0.3) is 0 Å². The van der Waals surface area contributed by atoms with E-state index in [0.717, 1.165) is 45.6 Å². The van der Waals surface area contributed by atoms with Gasteiger partial charge in [-0.25, -0.2) is 0 Å². The first-order valence-electron chi connectivity index (χ1n) is 12.0. The number of hydrogen-bond donors (Lipinski definition) is 2. The van der Waals surface area contributed by atoms with E-state index in [2.05, 4.69) is 18.2 Å². The van der Waals surface area contributed by atoms with Gasteiger partial charge in [-0.3, -0.25) is 9.59 Å². The quantitative estimate of drug-likeness (QED) is 0.456. The van der Waals surface area contributed by atoms with Crippen molar-refractivity contribution in [3.63, 3.8) is 0 Å². The summed E-state index contributed by atoms with van der Waals surface area (Å²) < 4.78 is 4.92. The number of carbonyl (C=O) groups is 2. The van der Waals surface area contributed by atoms with Crippen molar-refractivity contribution in [3.8, 4) is 6.07 Å². The second-order valence-electron chi connectivity index (χ2n) is 9.06. The molecule has 3 rings (SSSR count). The number of ether oxygens (including phenoxy) is 1. The molecule has 0 aliphatic heterocycles. The number of carbonyl (C=O) groups excluding carboxylic acids is 2. The summed E-state index contributed by atoms with van der Waals surface area (Å²) in [6.07, 6.45) is 3.30. The molecule has 0 spiro atoms. The Kier molecular flexibility index (Phi) is 9.91. The number of benzene rings is 2. The zero-order chi connectivity index (χ0) is 25.4. The molecule has 1 fully saturated rings. The maximum Gasteiger partial charge on any atom is 0.306 e. The van der Waals surface area contributed by atoms with Gasteiger partial charge >= 0.3 is 5.97 Å². The molecule has 0 bridgehead atoms. The molecule has 7 heteroatoms. The Labute approximate surface area is 211 Å². The molecule has 2 aromatic carbocycles. The van der Waals surface area contributed by atoms with Crippen molar-refractivity contribution in [1.29, 1.82) is 5.26 Å². The molecule has 1 aliphatic carbocycles. The average Bonchev–Trinajstić information content (AvgIpc) is 3.17. The van der Waals surface area contributed by atoms with Crippen LogP contribution in [-0.4, -0.2) is 47.0 Å². The Morgan fingerprint density at radius 2 is 1.89 bits per heavy atom. The number of ketones is 1. The van der Waals surface area contributed by atoms with Gasteiger partial charge in [0.1, 0.15) is 12.4 Å². The fourth-order valence-electron chi connectivity index (χ4n) is 4.79. The molecule has 6 nitrogen and oxygen atoms in total. The van der Waals surface area contributed by atoms with Gasteiger partial charge in [-0.1, -0.05) is 12.1 Å². The first-order valence-corrected chi connectivity index (χ1v) is 12.9. The minimum Gasteiger partial charge on any atom is -0.463 e. The maximum absolute atomic E-state index is 12.8. The van der Waals surface area contributed by atoms with Crippen LogP contribution in [0, 0.1) is 31.1 Å². The lowest BCUT2D eigenvalue weighted by molar-refractivity contribution is -0.144. The number of nitriles is 1. The van der Waals surface area contributed by atoms with E-state index >= 15 is 0 Å². The number of esters is 1. The van der Waals surface area contributed by atoms with Crippen molar-refractivity contribution in [1.82, 2.24) is 0 Å². The van der Waals surface area contributed by atoms with Gasteiger partial charge in [0, 0.05) is 24.3 Å². The molecular weight excluding hydrogens is 462 g/mol. The number of thioether (sulfide) groups is 1. The molecule has 1 saturated carbocycles. The Bertz CT molecular complexity index is 1080. The molecule has 1 unspecified atom stereocenters. The SMILES string of the molecule is Cc1cc(SC2C(=O)CC[C@@H]2Cc2ccc(C#N)c(CCC(=O)OCCO)c2)cc(C)c1CCO. The van der Waals surface area contributed by atoms with E-state index in [9.17, 15) is 20.0 Å². The lowest BCUT2D eigenvalue weighted by atomic mass is 9.93. The minimum atomic E-state index is -0.401. The Hall–Kier alpha value is -2.66. The molecule has 35 heavy (non-hydrogen) atoms. The minimum absolute atomic E-state index is 0.0258. The van der Waals surface area contributed by atoms with Gasteiger partial charge in [-0.2, -0.15) is 5.26 Å². The second-order valence-corrected chi connectivity index (χ2v) is 10.3. The number of aliphatic hydroxyl groups is 2. The average molecular weight is 496 g/mol. The first-order chi connectivity index (χ1) is 16.9. The molecule has 2 atom stereocenters. The highest BCUT2D eigenvalue weighted by molar-refractivity contribution is 8.00. The van der Waals surface area contributed by atoms with Crippen LogP contribution in [0.5, 0.6) is 0 Å². The summed E-state index contributed by atoms with van der Waals surface area (Å²) in [6.45, 7) is 3.98. The molecule has 0 saturated heterocycles. The van der Waals surface area contributed by atoms with E-state index in [-0.39, 0.29) is 43.2 Å². The largest absolute Gasteiger partial charge is 0.463 e. The van der Waals surface area contributed by atoms with Crippen LogP contribution in [0.15, 0.2) is 35.2 Å². The summed E-state index contributed by atoms with van der Waals surface area (Å²) in [5, 5.41) is 27.5. The molecule has 2 N–H and O–H groups in total. The van der Waals surface area contributed by atoms with E-state index in [1.807, 2.05) is 26.0 Å². The fraction of sp³-hybridized carbons (Fsp3) is 0.464. The van der Waals surface area contributed by atoms with Gasteiger partial charge in [0.2, 0.25) is 0 Å². The lowest BCUT2D eigenvalue weighted by Crippen LogP contribution is -2.19. The predicted molar refractivity (Wildman–Crippen MR) is 135 cm³/mol. The van der Waals surface area contributed by atoms with Crippen LogP contribution in [0.4, 0.5) is 0 Å². The third-order valence-electron chi connectivity index (χ3n) is 6.54. The summed E-state index contributed by atoms with van der Waals surface area (Å²) in [5.41, 5.74) is 5.82. The number of Topliss-reactive ketones (excluding diaryl/α,β-unsaturated/α-hetero) is 1. The number of rotatable bonds is 11. The van der Waals surface area contributed by atoms with E-state index in [0.29, 0.717) is 24.8 Å². The maximum atomic E-state index is 12.8. The third-order valence-corrected chi connectivity index (χ3v) is 7.95. The van der Waals surface area contributed by atoms with Crippen molar-refractivity contribution in [3.05, 3.63) is 63.7 Å². The molecule has 0 aromatic heterocycles. The fourth-order valence-corrected chi connectivity index (χ4v) is 6.25. The van der Waals surface area contributed by atoms with Gasteiger partial charge in [0.25, 0.3) is 0 Å². The van der Waals surface area contributed by atoms with Gasteiger partial charge in [-0.05, 0) is 91.5 Å². The number of hydrogen-bond acceptors (Lipinski definition) is 7. The van der Waals surface area contributed by atoms with E-state index in [4.69, 9.17) is 9.84 Å². The topological polar surface area (TPSA) is 108 Å². The molecule has 186 valence electrons. The monoisotopic (exact) mass is 495 g/mol. The Morgan fingerprint density at radius 3 is 2.54 bits per heavy atom. The zero-order valence-electron chi connectivity index (χ0n) is 20.4. The van der Waals surface area contributed by atoms with Crippen LogP contribution >= 0.6 is 11.8 Å². The molecule has 0 amide bonds. The van der Waals surface area contributed by atoms with Gasteiger partial charge in [-0.15, -0.1) is 11.8 Å². The smallest absolute Gasteiger partial charge is 0.306 e. The standard InChI is InChI=1S/C28H33NO5S/c1-18-13-24(14-19(2)25(18)9-10-30)35-28-22(5-7-26(28)32)16-20-3-4-23(17-29)21(15-20)6-8-27(33)34-12-11-31/h3-4,13-15,22,28,30-31H,5-12,16H2,1-2H3/t22-,28?/m1/s1. The zero-order valence-corrected chi connectivity index (χ0v) is 21.2. The van der Waals surface area contributed by atoms with Crippen molar-refractivity contribution in [2.24, 2.45) is 5.92 Å². The molecule has 2 aromatic rings. The Morgan fingerprint density at radius 1 is 1.14 bits per heavy atom. The predicted octanol–water partition coefficient (Wildman–Crippen LogP) is 3.86. The summed E-state index contributed by atoms with van der Waals surface area (Å²) in [6, 6.07) is 12.1. The van der Waals surface area contributed by atoms with Gasteiger partial charge < -0.3 is 14.9 Å². The second kappa shape index (κ2) is 12.9. The van der Waals surface area contributed by atoms with Crippen molar-refractivity contribution >= 4 is 23.5 Å². The Balaban J connectivity index is 1.72. The molecular formula is C28H33NO5S. The highest BCUT2D eigenvalue weighted by Gasteiger charge is 2.35. The van der Waals surface area contributed by atoms with E-state index < -0.39 is 5.97 Å². The summed E-state index contributed by atoms with van der Waals surface area (Å²) >= 11 is 1.63.